The van der Waals surface area contributed by atoms with Gasteiger partial charge >= 0.3 is 0 Å². The number of allylic oxidation sites excluding steroid dienone is 1. The van der Waals surface area contributed by atoms with Crippen LogP contribution in [-0.4, -0.2) is 81.7 Å². The van der Waals surface area contributed by atoms with Crippen LogP contribution in [0.5, 0.6) is 0 Å². The van der Waals surface area contributed by atoms with Crippen LogP contribution in [0.2, 0.25) is 0 Å². The maximum absolute atomic E-state index is 13.5. The number of fused-ring (bicyclic) bond motifs is 8. The number of benzene rings is 2. The van der Waals surface area contributed by atoms with Crippen LogP contribution < -0.4 is 15.8 Å². The fraction of sp³-hybridized carbons (Fsp3) is 0.500. The molecule has 11 nitrogen and oxygen atoms in total. The van der Waals surface area contributed by atoms with Gasteiger partial charge in [0.2, 0.25) is 11.8 Å². The minimum absolute atomic E-state index is 0.0948. The number of carbonyl (C=O) groups excluding carboxylic acids is 4. The summed E-state index contributed by atoms with van der Waals surface area (Å²) in [5.74, 6) is 0.174. The predicted octanol–water partition coefficient (Wildman–Crippen LogP) is 5.98. The third-order valence-corrected chi connectivity index (χ3v) is 14.7. The molecule has 7 aliphatic rings. The van der Waals surface area contributed by atoms with E-state index in [1.807, 2.05) is 6.07 Å². The minimum atomic E-state index is -0.958. The molecule has 4 fully saturated rings. The van der Waals surface area contributed by atoms with Gasteiger partial charge in [-0.15, -0.1) is 0 Å². The fourth-order valence-electron chi connectivity index (χ4n) is 11.1. The molecule has 1 spiro atoms. The van der Waals surface area contributed by atoms with E-state index in [0.29, 0.717) is 23.0 Å². The van der Waals surface area contributed by atoms with Gasteiger partial charge in [-0.25, -0.2) is 0 Å². The van der Waals surface area contributed by atoms with Crippen LogP contribution in [0, 0.1) is 5.92 Å². The van der Waals surface area contributed by atoms with E-state index in [9.17, 15) is 24.0 Å². The standard InChI is InChI=1S/C44H47BrN6O5/c45-33-5-4-6-34-38(33)40(54)47-43-44(17-2-1-3-18-44)32-10-7-28(23-36(32)50(34)43)27-15-19-48(20-16-27)25-26-13-21-49(22-14-26)29-8-9-30-31(24-29)42(56)51(41(30)55)35-11-12-37(52)46-39(35)53/h5,7-10,23-24,26-27,35H,1-4,6,11-22,25H2,(H,46,52,53). The topological polar surface area (TPSA) is 125 Å². The number of hydrogen-bond acceptors (Lipinski definition) is 8. The van der Waals surface area contributed by atoms with Crippen LogP contribution in [0.25, 0.3) is 10.2 Å². The third kappa shape index (κ3) is 5.76. The quantitative estimate of drug-likeness (QED) is 0.313. The Morgan fingerprint density at radius 2 is 1.59 bits per heavy atom. The molecule has 1 aromatic heterocycles. The number of halogens is 1. The molecule has 6 heterocycles. The molecule has 3 saturated heterocycles. The zero-order valence-electron chi connectivity index (χ0n) is 31.7. The lowest BCUT2D eigenvalue weighted by molar-refractivity contribution is -0.136. The van der Waals surface area contributed by atoms with Crippen LogP contribution in [0.15, 0.2) is 47.3 Å². The second kappa shape index (κ2) is 13.9. The summed E-state index contributed by atoms with van der Waals surface area (Å²) < 4.78 is 3.27. The average molecular weight is 820 g/mol. The molecule has 5 aliphatic heterocycles. The Bertz CT molecular complexity index is 2280. The Labute approximate surface area is 334 Å². The smallest absolute Gasteiger partial charge is 0.281 e. The number of rotatable bonds is 5. The Hall–Kier alpha value is -4.42. The molecule has 290 valence electrons. The number of hydrogen-bond donors (Lipinski definition) is 1. The molecule has 4 amide bonds. The van der Waals surface area contributed by atoms with Crippen molar-refractivity contribution in [2.24, 2.45) is 5.92 Å². The number of nitrogens with zero attached hydrogens (tertiary/aromatic N) is 5. The molecule has 1 atom stereocenters. The minimum Gasteiger partial charge on any atom is -0.371 e. The van der Waals surface area contributed by atoms with Crippen molar-refractivity contribution in [3.63, 3.8) is 0 Å². The molecule has 1 unspecified atom stereocenters. The highest BCUT2D eigenvalue weighted by Crippen LogP contribution is 2.52. The Morgan fingerprint density at radius 3 is 2.36 bits per heavy atom. The van der Waals surface area contributed by atoms with Crippen LogP contribution >= 0.6 is 15.9 Å². The summed E-state index contributed by atoms with van der Waals surface area (Å²) in [5, 5.41) is 2.26. The highest BCUT2D eigenvalue weighted by molar-refractivity contribution is 9.15. The van der Waals surface area contributed by atoms with E-state index in [1.54, 1.807) is 12.1 Å². The van der Waals surface area contributed by atoms with Gasteiger partial charge in [0.15, 0.2) is 0 Å². The monoisotopic (exact) mass is 818 g/mol. The van der Waals surface area contributed by atoms with E-state index in [1.165, 1.54) is 36.1 Å². The van der Waals surface area contributed by atoms with E-state index in [2.05, 4.69) is 59.9 Å². The lowest BCUT2D eigenvalue weighted by Crippen LogP contribution is -2.54. The first-order chi connectivity index (χ1) is 27.2. The maximum atomic E-state index is 13.5. The molecular formula is C44H47BrN6O5. The van der Waals surface area contributed by atoms with Crippen molar-refractivity contribution in [3.8, 4) is 5.69 Å². The number of piperidine rings is 3. The summed E-state index contributed by atoms with van der Waals surface area (Å²) in [6.45, 7) is 5.01. The molecule has 2 aliphatic carbocycles. The first-order valence-corrected chi connectivity index (χ1v) is 21.5. The second-order valence-corrected chi connectivity index (χ2v) is 17.9. The number of imide groups is 2. The van der Waals surface area contributed by atoms with E-state index >= 15 is 0 Å². The van der Waals surface area contributed by atoms with Crippen LogP contribution in [-0.2, 0) is 21.4 Å². The van der Waals surface area contributed by atoms with Gasteiger partial charge in [0.1, 0.15) is 11.9 Å². The Balaban J connectivity index is 0.786. The summed E-state index contributed by atoms with van der Waals surface area (Å²) in [7, 11) is 0. The normalized spacial score (nSPS) is 23.9. The Morgan fingerprint density at radius 1 is 0.821 bits per heavy atom. The molecule has 1 saturated carbocycles. The number of nitrogens with one attached hydrogen (secondary N) is 1. The SMILES string of the molecule is O=C1CCC(N2C(=O)c3ccc(N4CCC(CN5CCC(c6ccc7c(c6)-n6c(nc(=O)c8c6CCC=C8Br)C76CCCCC6)CC5)CC4)cc3C2=O)C(=O)N1. The number of carbonyl (C=O) groups is 4. The summed E-state index contributed by atoms with van der Waals surface area (Å²) in [4.78, 5) is 75.0. The molecule has 1 N–H and O–H groups in total. The first kappa shape index (κ1) is 36.0. The maximum Gasteiger partial charge on any atom is 0.281 e. The number of aromatic nitrogens is 2. The van der Waals surface area contributed by atoms with Crippen molar-refractivity contribution in [3.05, 3.63) is 92.2 Å². The molecule has 10 rings (SSSR count). The van der Waals surface area contributed by atoms with Crippen molar-refractivity contribution >= 4 is 49.7 Å². The van der Waals surface area contributed by atoms with Crippen molar-refractivity contribution in [1.82, 2.24) is 24.7 Å². The summed E-state index contributed by atoms with van der Waals surface area (Å²) in [6.07, 6.45) is 14.2. The van der Waals surface area contributed by atoms with Crippen LogP contribution in [0.4, 0.5) is 5.69 Å². The van der Waals surface area contributed by atoms with Crippen molar-refractivity contribution in [1.29, 1.82) is 0 Å². The lowest BCUT2D eigenvalue weighted by Gasteiger charge is -2.38. The van der Waals surface area contributed by atoms with Gasteiger partial charge in [-0.2, -0.15) is 4.98 Å². The van der Waals surface area contributed by atoms with Crippen LogP contribution in [0.1, 0.15) is 132 Å². The lowest BCUT2D eigenvalue weighted by atomic mass is 9.69. The van der Waals surface area contributed by atoms with Gasteiger partial charge in [-0.1, -0.05) is 53.4 Å². The van der Waals surface area contributed by atoms with Crippen molar-refractivity contribution in [2.75, 3.05) is 37.6 Å². The van der Waals surface area contributed by atoms with Gasteiger partial charge in [0.25, 0.3) is 17.4 Å². The van der Waals surface area contributed by atoms with E-state index < -0.39 is 23.8 Å². The van der Waals surface area contributed by atoms with E-state index in [0.717, 1.165) is 116 Å². The van der Waals surface area contributed by atoms with Gasteiger partial charge in [0, 0.05) is 41.9 Å². The fourth-order valence-corrected chi connectivity index (χ4v) is 11.7. The molecule has 3 aromatic rings. The molecular weight excluding hydrogens is 772 g/mol. The molecule has 12 heteroatoms. The zero-order valence-corrected chi connectivity index (χ0v) is 33.2. The van der Waals surface area contributed by atoms with Crippen molar-refractivity contribution in [2.45, 2.75) is 101 Å². The summed E-state index contributed by atoms with van der Waals surface area (Å²) in [6, 6.07) is 11.7. The van der Waals surface area contributed by atoms with Gasteiger partial charge in [0.05, 0.1) is 27.8 Å². The first-order valence-electron chi connectivity index (χ1n) is 20.7. The highest BCUT2D eigenvalue weighted by atomic mass is 79.9. The zero-order chi connectivity index (χ0) is 38.3. The average Bonchev–Trinajstić information content (AvgIpc) is 3.61. The van der Waals surface area contributed by atoms with Gasteiger partial charge in [-0.05, 0) is 118 Å². The molecule has 0 bridgehead atoms. The van der Waals surface area contributed by atoms with E-state index in [4.69, 9.17) is 4.98 Å². The molecule has 0 radical (unpaired) electrons. The Kier molecular flexibility index (Phi) is 8.92. The second-order valence-electron chi connectivity index (χ2n) is 17.1. The number of likely N-dealkylation sites (tertiary alicyclic amines) is 1. The number of amides is 4. The molecule has 2 aromatic carbocycles. The van der Waals surface area contributed by atoms with Crippen molar-refractivity contribution < 1.29 is 19.2 Å². The third-order valence-electron chi connectivity index (χ3n) is 14.0. The highest BCUT2D eigenvalue weighted by Gasteiger charge is 2.48. The predicted molar refractivity (Wildman–Crippen MR) is 215 cm³/mol. The summed E-state index contributed by atoms with van der Waals surface area (Å²) in [5.41, 5.74) is 7.20. The van der Waals surface area contributed by atoms with Gasteiger partial charge < -0.3 is 14.4 Å². The largest absolute Gasteiger partial charge is 0.371 e. The summed E-state index contributed by atoms with van der Waals surface area (Å²) >= 11 is 3.70. The van der Waals surface area contributed by atoms with Crippen LogP contribution in [0.3, 0.4) is 0 Å². The van der Waals surface area contributed by atoms with Gasteiger partial charge in [-0.3, -0.25) is 34.2 Å². The van der Waals surface area contributed by atoms with E-state index in [-0.39, 0.29) is 29.7 Å². The number of anilines is 1. The molecule has 56 heavy (non-hydrogen) atoms.